The van der Waals surface area contributed by atoms with Crippen LogP contribution in [0.1, 0.15) is 24.3 Å². The van der Waals surface area contributed by atoms with Crippen molar-refractivity contribution in [2.24, 2.45) is 0 Å². The van der Waals surface area contributed by atoms with Crippen LogP contribution in [0.2, 0.25) is 0 Å². The molecule has 0 saturated carbocycles. The number of ether oxygens (including phenoxy) is 2. The van der Waals surface area contributed by atoms with Gasteiger partial charge in [-0.05, 0) is 40.3 Å². The minimum absolute atomic E-state index is 0.0193. The number of nitrogens with two attached hydrogens (primary N) is 1. The Morgan fingerprint density at radius 1 is 1.21 bits per heavy atom. The molecule has 0 saturated heterocycles. The fraction of sp³-hybridized carbons (Fsp3) is 0.312. The van der Waals surface area contributed by atoms with Crippen molar-refractivity contribution < 1.29 is 18.9 Å². The van der Waals surface area contributed by atoms with Crippen LogP contribution in [-0.2, 0) is 4.79 Å². The molecular formula is C16H18N4O4. The first-order chi connectivity index (χ1) is 11.6. The number of rotatable bonds is 5. The number of benzene rings is 1. The maximum atomic E-state index is 12.1. The fourth-order valence-electron chi connectivity index (χ4n) is 2.76. The summed E-state index contributed by atoms with van der Waals surface area (Å²) in [7, 11) is 3.17. The third kappa shape index (κ3) is 3.17. The van der Waals surface area contributed by atoms with E-state index in [2.05, 4.69) is 20.3 Å². The molecule has 2 aromatic rings. The molecule has 0 spiro atoms. The van der Waals surface area contributed by atoms with Gasteiger partial charge in [0.05, 0.1) is 14.2 Å². The van der Waals surface area contributed by atoms with Gasteiger partial charge >= 0.3 is 0 Å². The zero-order valence-corrected chi connectivity index (χ0v) is 13.4. The molecule has 126 valence electrons. The minimum Gasteiger partial charge on any atom is -0.493 e. The Bertz CT molecular complexity index is 784. The van der Waals surface area contributed by atoms with Crippen LogP contribution in [0.3, 0.4) is 0 Å². The Morgan fingerprint density at radius 2 is 2.00 bits per heavy atom. The number of carbonyl (C=O) groups is 1. The lowest BCUT2D eigenvalue weighted by Crippen LogP contribution is -2.17. The van der Waals surface area contributed by atoms with Gasteiger partial charge in [-0.25, -0.2) is 4.63 Å². The zero-order valence-electron chi connectivity index (χ0n) is 13.4. The van der Waals surface area contributed by atoms with Crippen molar-refractivity contribution in [2.45, 2.75) is 18.8 Å². The second-order valence-electron chi connectivity index (χ2n) is 5.48. The summed E-state index contributed by atoms with van der Waals surface area (Å²) in [5.41, 5.74) is 7.35. The number of nitrogen functional groups attached to an aromatic ring is 1. The van der Waals surface area contributed by atoms with Crippen molar-refractivity contribution in [3.8, 4) is 11.5 Å². The molecule has 0 radical (unpaired) electrons. The van der Waals surface area contributed by atoms with E-state index in [1.165, 1.54) is 0 Å². The van der Waals surface area contributed by atoms with Crippen molar-refractivity contribution in [3.63, 3.8) is 0 Å². The van der Waals surface area contributed by atoms with Gasteiger partial charge in [-0.3, -0.25) is 4.79 Å². The molecule has 3 N–H and O–H groups in total. The zero-order chi connectivity index (χ0) is 17.1. The topological polar surface area (TPSA) is 112 Å². The number of ketones is 1. The van der Waals surface area contributed by atoms with E-state index < -0.39 is 0 Å². The highest BCUT2D eigenvalue weighted by Crippen LogP contribution is 2.36. The van der Waals surface area contributed by atoms with Crippen molar-refractivity contribution >= 4 is 17.4 Å². The number of nitrogens with zero attached hydrogens (tertiary/aromatic N) is 2. The van der Waals surface area contributed by atoms with Crippen LogP contribution in [0.4, 0.5) is 11.6 Å². The van der Waals surface area contributed by atoms with E-state index in [1.807, 2.05) is 18.2 Å². The van der Waals surface area contributed by atoms with Crippen molar-refractivity contribution in [2.75, 3.05) is 25.3 Å². The first kappa shape index (κ1) is 15.9. The average molecular weight is 330 g/mol. The quantitative estimate of drug-likeness (QED) is 0.857. The second kappa shape index (κ2) is 6.61. The Labute approximate surface area is 138 Å². The number of carbonyl (C=O) groups excluding carboxylic acids is 1. The fourth-order valence-corrected chi connectivity index (χ4v) is 2.76. The number of hydrogen-bond donors (Lipinski definition) is 2. The van der Waals surface area contributed by atoms with Crippen LogP contribution in [0.5, 0.6) is 11.5 Å². The molecule has 0 unspecified atom stereocenters. The Morgan fingerprint density at radius 3 is 2.67 bits per heavy atom. The van der Waals surface area contributed by atoms with Gasteiger partial charge in [0.25, 0.3) is 0 Å². The molecule has 24 heavy (non-hydrogen) atoms. The Hall–Kier alpha value is -3.03. The smallest absolute Gasteiger partial charge is 0.219 e. The number of methoxy groups -OCH3 is 2. The normalized spacial score (nSPS) is 17.3. The Balaban J connectivity index is 1.82. The minimum atomic E-state index is 0.0193. The predicted octanol–water partition coefficient (Wildman–Crippen LogP) is 2.11. The molecular weight excluding hydrogens is 312 g/mol. The number of allylic oxidation sites excluding steroid dienone is 2. The van der Waals surface area contributed by atoms with E-state index in [0.29, 0.717) is 35.9 Å². The highest BCUT2D eigenvalue weighted by Gasteiger charge is 2.24. The molecule has 0 aliphatic heterocycles. The molecule has 1 atom stereocenters. The van der Waals surface area contributed by atoms with Gasteiger partial charge in [0.2, 0.25) is 11.6 Å². The van der Waals surface area contributed by atoms with Gasteiger partial charge in [0, 0.05) is 18.2 Å². The van der Waals surface area contributed by atoms with E-state index in [-0.39, 0.29) is 17.5 Å². The third-order valence-electron chi connectivity index (χ3n) is 3.92. The molecule has 8 nitrogen and oxygen atoms in total. The molecule has 8 heteroatoms. The van der Waals surface area contributed by atoms with Gasteiger partial charge in [0.1, 0.15) is 0 Å². The summed E-state index contributed by atoms with van der Waals surface area (Å²) in [6.45, 7) is 0. The van der Waals surface area contributed by atoms with Crippen LogP contribution in [-0.4, -0.2) is 30.3 Å². The van der Waals surface area contributed by atoms with Crippen LogP contribution >= 0.6 is 0 Å². The molecule has 3 rings (SSSR count). The summed E-state index contributed by atoms with van der Waals surface area (Å²) in [4.78, 5) is 12.1. The van der Waals surface area contributed by atoms with Gasteiger partial charge in [0.15, 0.2) is 17.3 Å². The summed E-state index contributed by atoms with van der Waals surface area (Å²) in [5, 5.41) is 10.2. The number of hydrogen-bond acceptors (Lipinski definition) is 8. The van der Waals surface area contributed by atoms with E-state index in [4.69, 9.17) is 15.2 Å². The molecule has 1 aromatic heterocycles. The highest BCUT2D eigenvalue weighted by atomic mass is 16.6. The number of anilines is 2. The van der Waals surface area contributed by atoms with E-state index in [9.17, 15) is 4.79 Å². The molecule has 1 aromatic carbocycles. The third-order valence-corrected chi connectivity index (χ3v) is 3.92. The predicted molar refractivity (Wildman–Crippen MR) is 86.9 cm³/mol. The van der Waals surface area contributed by atoms with Crippen molar-refractivity contribution in [1.82, 2.24) is 10.3 Å². The summed E-state index contributed by atoms with van der Waals surface area (Å²) in [6.07, 6.45) is 2.62. The monoisotopic (exact) mass is 330 g/mol. The lowest BCUT2D eigenvalue weighted by molar-refractivity contribution is -0.115. The van der Waals surface area contributed by atoms with Crippen molar-refractivity contribution in [3.05, 3.63) is 35.5 Å². The first-order valence-corrected chi connectivity index (χ1v) is 7.41. The molecule has 0 amide bonds. The van der Waals surface area contributed by atoms with Crippen LogP contribution in [0.25, 0.3) is 0 Å². The largest absolute Gasteiger partial charge is 0.493 e. The molecule has 0 bridgehead atoms. The number of aromatic nitrogens is 2. The van der Waals surface area contributed by atoms with Crippen LogP contribution in [0.15, 0.2) is 34.6 Å². The van der Waals surface area contributed by atoms with Gasteiger partial charge in [-0.1, -0.05) is 6.07 Å². The lowest BCUT2D eigenvalue weighted by Gasteiger charge is -2.23. The summed E-state index contributed by atoms with van der Waals surface area (Å²) in [6, 6.07) is 5.67. The van der Waals surface area contributed by atoms with Gasteiger partial charge < -0.3 is 20.5 Å². The summed E-state index contributed by atoms with van der Waals surface area (Å²) < 4.78 is 15.1. The van der Waals surface area contributed by atoms with Crippen LogP contribution in [0, 0.1) is 0 Å². The summed E-state index contributed by atoms with van der Waals surface area (Å²) in [5.74, 6) is 1.79. The first-order valence-electron chi connectivity index (χ1n) is 7.41. The molecule has 0 fully saturated rings. The average Bonchev–Trinajstić information content (AvgIpc) is 2.98. The Kier molecular flexibility index (Phi) is 4.37. The lowest BCUT2D eigenvalue weighted by atomic mass is 9.85. The van der Waals surface area contributed by atoms with E-state index in [0.717, 1.165) is 5.56 Å². The summed E-state index contributed by atoms with van der Waals surface area (Å²) >= 11 is 0. The highest BCUT2D eigenvalue weighted by molar-refractivity contribution is 5.92. The van der Waals surface area contributed by atoms with Gasteiger partial charge in [-0.2, -0.15) is 0 Å². The van der Waals surface area contributed by atoms with E-state index >= 15 is 0 Å². The standard InChI is InChI=1S/C16H18N4O4/c1-22-13-4-3-9(7-14(13)23-2)10-5-11(8-12(21)6-10)18-16-15(17)19-24-20-16/h3-4,7-8,10H,5-6H2,1-2H3,(H2,17,19)(H,18,20)/t10-/m1/s1. The van der Waals surface area contributed by atoms with Gasteiger partial charge in [-0.15, -0.1) is 0 Å². The van der Waals surface area contributed by atoms with Crippen molar-refractivity contribution in [1.29, 1.82) is 0 Å². The van der Waals surface area contributed by atoms with Crippen LogP contribution < -0.4 is 20.5 Å². The molecule has 1 aliphatic carbocycles. The SMILES string of the molecule is COc1ccc([C@H]2CC(=O)C=C(Nc3nonc3N)C2)cc1OC. The second-order valence-corrected chi connectivity index (χ2v) is 5.48. The van der Waals surface area contributed by atoms with E-state index in [1.54, 1.807) is 20.3 Å². The maximum absolute atomic E-state index is 12.1. The number of nitrogens with one attached hydrogen (secondary N) is 1. The maximum Gasteiger partial charge on any atom is 0.219 e. The molecule has 1 aliphatic rings. The molecule has 1 heterocycles.